The summed E-state index contributed by atoms with van der Waals surface area (Å²) in [5, 5.41) is -0.290. The van der Waals surface area contributed by atoms with Crippen LogP contribution in [0.15, 0.2) is 82.2 Å². The van der Waals surface area contributed by atoms with Gasteiger partial charge >= 0.3 is 0 Å². The average Bonchev–Trinajstić information content (AvgIpc) is 3.02. The van der Waals surface area contributed by atoms with Gasteiger partial charge in [-0.2, -0.15) is 0 Å². The van der Waals surface area contributed by atoms with Gasteiger partial charge in [0.05, 0.1) is 14.2 Å². The van der Waals surface area contributed by atoms with E-state index in [0.29, 0.717) is 17.2 Å². The van der Waals surface area contributed by atoms with Crippen molar-refractivity contribution in [3.63, 3.8) is 0 Å². The van der Waals surface area contributed by atoms with E-state index in [-0.39, 0.29) is 11.1 Å². The SMILES string of the molecule is O=C1S/C(=C\c2ccc(OCc3ccc(Br)cc3)c(I)c2)C(=O)N1c1ccccc1. The molecule has 4 nitrogen and oxygen atoms in total. The Labute approximate surface area is 200 Å². The number of halogens is 2. The summed E-state index contributed by atoms with van der Waals surface area (Å²) in [6, 6.07) is 22.6. The van der Waals surface area contributed by atoms with Crippen LogP contribution in [0.25, 0.3) is 6.08 Å². The number of anilines is 1. The molecule has 0 unspecified atom stereocenters. The van der Waals surface area contributed by atoms with Crippen LogP contribution in [-0.4, -0.2) is 11.1 Å². The molecule has 30 heavy (non-hydrogen) atoms. The first-order valence-electron chi connectivity index (χ1n) is 9.01. The predicted octanol–water partition coefficient (Wildman–Crippen LogP) is 6.87. The fourth-order valence-electron chi connectivity index (χ4n) is 2.88. The number of para-hydroxylation sites is 1. The van der Waals surface area contributed by atoms with E-state index < -0.39 is 0 Å². The van der Waals surface area contributed by atoms with Gasteiger partial charge in [-0.3, -0.25) is 9.59 Å². The molecule has 150 valence electrons. The van der Waals surface area contributed by atoms with E-state index in [9.17, 15) is 9.59 Å². The van der Waals surface area contributed by atoms with Crippen molar-refractivity contribution in [3.8, 4) is 5.75 Å². The van der Waals surface area contributed by atoms with Crippen LogP contribution >= 0.6 is 50.3 Å². The van der Waals surface area contributed by atoms with Crippen molar-refractivity contribution < 1.29 is 14.3 Å². The maximum absolute atomic E-state index is 12.7. The third kappa shape index (κ3) is 4.79. The van der Waals surface area contributed by atoms with Crippen LogP contribution in [-0.2, 0) is 11.4 Å². The Morgan fingerprint density at radius 2 is 1.73 bits per heavy atom. The first-order valence-corrected chi connectivity index (χ1v) is 11.7. The molecule has 2 amide bonds. The van der Waals surface area contributed by atoms with Crippen molar-refractivity contribution in [2.24, 2.45) is 0 Å². The van der Waals surface area contributed by atoms with E-state index in [1.54, 1.807) is 30.3 Å². The quantitative estimate of drug-likeness (QED) is 0.240. The van der Waals surface area contributed by atoms with Crippen LogP contribution < -0.4 is 9.64 Å². The number of carbonyl (C=O) groups excluding carboxylic acids is 2. The lowest BCUT2D eigenvalue weighted by molar-refractivity contribution is -0.113. The molecule has 0 aliphatic carbocycles. The normalized spacial score (nSPS) is 15.1. The molecule has 4 rings (SSSR count). The molecule has 3 aromatic rings. The zero-order valence-electron chi connectivity index (χ0n) is 15.5. The van der Waals surface area contributed by atoms with Crippen LogP contribution in [0.4, 0.5) is 10.5 Å². The highest BCUT2D eigenvalue weighted by Crippen LogP contribution is 2.36. The van der Waals surface area contributed by atoms with Crippen molar-refractivity contribution in [1.29, 1.82) is 0 Å². The Hall–Kier alpha value is -2.10. The highest BCUT2D eigenvalue weighted by atomic mass is 127. The van der Waals surface area contributed by atoms with Crippen molar-refractivity contribution in [1.82, 2.24) is 0 Å². The molecule has 0 radical (unpaired) electrons. The van der Waals surface area contributed by atoms with Gasteiger partial charge < -0.3 is 4.74 Å². The first kappa shape index (κ1) is 21.1. The molecule has 1 aliphatic rings. The fourth-order valence-corrected chi connectivity index (χ4v) is 4.69. The minimum absolute atomic E-state index is 0.290. The smallest absolute Gasteiger partial charge is 0.298 e. The monoisotopic (exact) mass is 591 g/mol. The Balaban J connectivity index is 1.49. The lowest BCUT2D eigenvalue weighted by atomic mass is 10.2. The van der Waals surface area contributed by atoms with E-state index in [0.717, 1.165) is 36.7 Å². The minimum Gasteiger partial charge on any atom is -0.488 e. The highest BCUT2D eigenvalue weighted by Gasteiger charge is 2.36. The number of hydrogen-bond acceptors (Lipinski definition) is 4. The summed E-state index contributed by atoms with van der Waals surface area (Å²) in [4.78, 5) is 26.7. The van der Waals surface area contributed by atoms with E-state index in [1.807, 2.05) is 48.5 Å². The van der Waals surface area contributed by atoms with Gasteiger partial charge in [-0.1, -0.05) is 52.3 Å². The largest absolute Gasteiger partial charge is 0.488 e. The van der Waals surface area contributed by atoms with E-state index in [1.165, 1.54) is 4.90 Å². The number of hydrogen-bond donors (Lipinski definition) is 0. The van der Waals surface area contributed by atoms with Gasteiger partial charge in [0.1, 0.15) is 12.4 Å². The predicted molar refractivity (Wildman–Crippen MR) is 133 cm³/mol. The van der Waals surface area contributed by atoms with Crippen molar-refractivity contribution >= 4 is 73.2 Å². The number of nitrogens with zero attached hydrogens (tertiary/aromatic N) is 1. The average molecular weight is 592 g/mol. The van der Waals surface area contributed by atoms with Crippen LogP contribution in [0.2, 0.25) is 0 Å². The summed E-state index contributed by atoms with van der Waals surface area (Å²) < 4.78 is 7.88. The summed E-state index contributed by atoms with van der Waals surface area (Å²) in [7, 11) is 0. The zero-order chi connectivity index (χ0) is 21.1. The second kappa shape index (κ2) is 9.36. The number of rotatable bonds is 5. The molecule has 3 aromatic carbocycles. The second-order valence-corrected chi connectivity index (χ2v) is 9.53. The second-order valence-electron chi connectivity index (χ2n) is 6.46. The van der Waals surface area contributed by atoms with Crippen LogP contribution in [0.1, 0.15) is 11.1 Å². The van der Waals surface area contributed by atoms with Gasteiger partial charge in [0.15, 0.2) is 0 Å². The maximum Gasteiger partial charge on any atom is 0.298 e. The van der Waals surface area contributed by atoms with E-state index >= 15 is 0 Å². The molecule has 0 atom stereocenters. The summed E-state index contributed by atoms with van der Waals surface area (Å²) in [5.41, 5.74) is 2.50. The van der Waals surface area contributed by atoms with Gasteiger partial charge in [0.25, 0.3) is 11.1 Å². The molecule has 0 N–H and O–H groups in total. The molecular formula is C23H15BrINO3S. The highest BCUT2D eigenvalue weighted by molar-refractivity contribution is 14.1. The summed E-state index contributed by atoms with van der Waals surface area (Å²) in [5.74, 6) is 0.467. The molecule has 0 aromatic heterocycles. The van der Waals surface area contributed by atoms with Gasteiger partial charge in [-0.05, 0) is 88.0 Å². The number of ether oxygens (including phenoxy) is 1. The molecule has 1 aliphatic heterocycles. The summed E-state index contributed by atoms with van der Waals surface area (Å²) >= 11 is 6.59. The number of thioether (sulfide) groups is 1. The Morgan fingerprint density at radius 1 is 1.00 bits per heavy atom. The van der Waals surface area contributed by atoms with Crippen LogP contribution in [0.5, 0.6) is 5.75 Å². The number of carbonyl (C=O) groups is 2. The van der Waals surface area contributed by atoms with Crippen molar-refractivity contribution in [2.45, 2.75) is 6.61 Å². The number of benzene rings is 3. The molecule has 1 heterocycles. The van der Waals surface area contributed by atoms with Crippen molar-refractivity contribution in [3.05, 3.63) is 96.9 Å². The lowest BCUT2D eigenvalue weighted by Gasteiger charge is -2.11. The van der Waals surface area contributed by atoms with Gasteiger partial charge in [0, 0.05) is 4.47 Å². The molecule has 1 saturated heterocycles. The van der Waals surface area contributed by atoms with Crippen molar-refractivity contribution in [2.75, 3.05) is 4.90 Å². The summed E-state index contributed by atoms with van der Waals surface area (Å²) in [6.45, 7) is 0.471. The van der Waals surface area contributed by atoms with Gasteiger partial charge in [-0.15, -0.1) is 0 Å². The minimum atomic E-state index is -0.304. The van der Waals surface area contributed by atoms with Crippen LogP contribution in [0.3, 0.4) is 0 Å². The maximum atomic E-state index is 12.7. The van der Waals surface area contributed by atoms with E-state index in [2.05, 4.69) is 38.5 Å². The Kier molecular flexibility index (Phi) is 6.60. The standard InChI is InChI=1S/C23H15BrINO3S/c24-17-9-6-15(7-10-17)14-29-20-11-8-16(12-19(20)25)13-21-22(27)26(23(28)30-21)18-4-2-1-3-5-18/h1-13H,14H2/b21-13-. The lowest BCUT2D eigenvalue weighted by Crippen LogP contribution is -2.27. The Morgan fingerprint density at radius 3 is 2.43 bits per heavy atom. The topological polar surface area (TPSA) is 46.6 Å². The van der Waals surface area contributed by atoms with Crippen LogP contribution in [0, 0.1) is 3.57 Å². The molecule has 0 spiro atoms. The third-order valence-corrected chi connectivity index (χ3v) is 6.61. The first-order chi connectivity index (χ1) is 14.5. The zero-order valence-corrected chi connectivity index (χ0v) is 20.1. The van der Waals surface area contributed by atoms with Gasteiger partial charge in [-0.25, -0.2) is 4.90 Å². The fraction of sp³-hybridized carbons (Fsp3) is 0.0435. The molecule has 0 bridgehead atoms. The number of amides is 2. The number of imide groups is 1. The van der Waals surface area contributed by atoms with E-state index in [4.69, 9.17) is 4.74 Å². The Bertz CT molecular complexity index is 1130. The third-order valence-electron chi connectivity index (χ3n) is 4.37. The molecule has 0 saturated carbocycles. The molecular weight excluding hydrogens is 577 g/mol. The molecule has 1 fully saturated rings. The molecule has 7 heteroatoms. The summed E-state index contributed by atoms with van der Waals surface area (Å²) in [6.07, 6.45) is 1.74. The van der Waals surface area contributed by atoms with Gasteiger partial charge in [0.2, 0.25) is 0 Å².